The number of para-hydroxylation sites is 1. The van der Waals surface area contributed by atoms with Crippen LogP contribution in [0.1, 0.15) is 23.9 Å². The highest BCUT2D eigenvalue weighted by molar-refractivity contribution is 5.91. The van der Waals surface area contributed by atoms with Gasteiger partial charge in [-0.15, -0.1) is 0 Å². The van der Waals surface area contributed by atoms with Gasteiger partial charge in [0.15, 0.2) is 5.65 Å². The third-order valence-electron chi connectivity index (χ3n) is 3.61. The molecule has 0 bridgehead atoms. The van der Waals surface area contributed by atoms with Gasteiger partial charge in [-0.2, -0.15) is 0 Å². The maximum Gasteiger partial charge on any atom is 0.161 e. The van der Waals surface area contributed by atoms with Crippen molar-refractivity contribution in [2.45, 2.75) is 27.2 Å². The Balaban J connectivity index is 2.12. The molecule has 0 saturated heterocycles. The number of aromatic nitrogens is 2. The van der Waals surface area contributed by atoms with E-state index in [9.17, 15) is 0 Å². The molecule has 3 rings (SSSR count). The van der Waals surface area contributed by atoms with Crippen molar-refractivity contribution in [2.24, 2.45) is 0 Å². The van der Waals surface area contributed by atoms with Crippen LogP contribution in [0.5, 0.6) is 0 Å². The highest BCUT2D eigenvalue weighted by Crippen LogP contribution is 2.27. The Bertz CT molecular complexity index is 788. The quantitative estimate of drug-likeness (QED) is 0.763. The van der Waals surface area contributed by atoms with E-state index in [0.717, 1.165) is 40.2 Å². The second-order valence-electron chi connectivity index (χ2n) is 5.27. The minimum Gasteiger partial charge on any atom is -0.355 e. The van der Waals surface area contributed by atoms with Crippen LogP contribution in [0.15, 0.2) is 42.5 Å². The number of hydrogen-bond donors (Lipinski definition) is 1. The summed E-state index contributed by atoms with van der Waals surface area (Å²) in [7, 11) is 0. The summed E-state index contributed by atoms with van der Waals surface area (Å²) in [6.07, 6.45) is 1.00. The maximum atomic E-state index is 4.53. The number of nitrogens with zero attached hydrogens (tertiary/aromatic N) is 2. The van der Waals surface area contributed by atoms with Crippen LogP contribution >= 0.6 is 0 Å². The second kappa shape index (κ2) is 5.52. The van der Waals surface area contributed by atoms with Crippen LogP contribution < -0.4 is 5.32 Å². The Hall–Kier alpha value is -2.42. The monoisotopic (exact) mass is 277 g/mol. The summed E-state index contributed by atoms with van der Waals surface area (Å²) in [5, 5.41) is 4.60. The number of aryl methyl sites for hydroxylation is 3. The summed E-state index contributed by atoms with van der Waals surface area (Å²) in [5.41, 5.74) is 6.27. The zero-order valence-corrected chi connectivity index (χ0v) is 12.6. The van der Waals surface area contributed by atoms with Gasteiger partial charge < -0.3 is 5.32 Å². The van der Waals surface area contributed by atoms with Crippen LogP contribution in [0.25, 0.3) is 11.0 Å². The molecular formula is C18H19N3. The lowest BCUT2D eigenvalue weighted by atomic mass is 10.1. The number of fused-ring (bicyclic) bond motifs is 1. The first-order valence-corrected chi connectivity index (χ1v) is 7.27. The molecule has 3 nitrogen and oxygen atoms in total. The molecule has 21 heavy (non-hydrogen) atoms. The normalized spacial score (nSPS) is 10.8. The van der Waals surface area contributed by atoms with E-state index in [1.54, 1.807) is 0 Å². The molecule has 0 amide bonds. The van der Waals surface area contributed by atoms with Crippen LogP contribution in [-0.4, -0.2) is 9.97 Å². The number of benzene rings is 1. The fraction of sp³-hybridized carbons (Fsp3) is 0.222. The van der Waals surface area contributed by atoms with E-state index in [2.05, 4.69) is 58.6 Å². The Kier molecular flexibility index (Phi) is 3.57. The van der Waals surface area contributed by atoms with Gasteiger partial charge in [0.2, 0.25) is 0 Å². The van der Waals surface area contributed by atoms with Gasteiger partial charge in [0.05, 0.1) is 5.69 Å². The summed E-state index contributed by atoms with van der Waals surface area (Å²) in [4.78, 5) is 9.06. The molecule has 0 unspecified atom stereocenters. The van der Waals surface area contributed by atoms with Gasteiger partial charge >= 0.3 is 0 Å². The molecule has 1 aromatic carbocycles. The molecule has 2 heterocycles. The standard InChI is InChI=1S/C18H19N3/c1-4-14-7-5-6-8-16(14)21-17-11-13(3)20-18-15(17)10-9-12(2)19-18/h5-11H,4H2,1-3H3,(H,19,20,21). The topological polar surface area (TPSA) is 37.8 Å². The van der Waals surface area contributed by atoms with Crippen molar-refractivity contribution in [3.05, 3.63) is 59.4 Å². The summed E-state index contributed by atoms with van der Waals surface area (Å²) in [6, 6.07) is 14.6. The zero-order chi connectivity index (χ0) is 14.8. The largest absolute Gasteiger partial charge is 0.355 e. The van der Waals surface area contributed by atoms with Gasteiger partial charge in [-0.25, -0.2) is 9.97 Å². The third kappa shape index (κ3) is 2.72. The first-order valence-electron chi connectivity index (χ1n) is 7.27. The lowest BCUT2D eigenvalue weighted by Gasteiger charge is -2.13. The van der Waals surface area contributed by atoms with Crippen molar-refractivity contribution in [2.75, 3.05) is 5.32 Å². The minimum atomic E-state index is 0.798. The first kappa shape index (κ1) is 13.6. The number of rotatable bonds is 3. The Morgan fingerprint density at radius 1 is 0.905 bits per heavy atom. The van der Waals surface area contributed by atoms with Gasteiger partial charge in [0, 0.05) is 22.5 Å². The average Bonchev–Trinajstić information content (AvgIpc) is 2.47. The molecule has 0 aliphatic rings. The SMILES string of the molecule is CCc1ccccc1Nc1cc(C)nc2nc(C)ccc12. The van der Waals surface area contributed by atoms with Gasteiger partial charge in [0.25, 0.3) is 0 Å². The van der Waals surface area contributed by atoms with Gasteiger partial charge in [0.1, 0.15) is 0 Å². The van der Waals surface area contributed by atoms with Gasteiger partial charge in [-0.05, 0) is 50.1 Å². The average molecular weight is 277 g/mol. The van der Waals surface area contributed by atoms with Crippen LogP contribution in [0, 0.1) is 13.8 Å². The summed E-state index contributed by atoms with van der Waals surface area (Å²) in [6.45, 7) is 6.16. The van der Waals surface area contributed by atoms with E-state index in [1.165, 1.54) is 5.56 Å². The number of hydrogen-bond acceptors (Lipinski definition) is 3. The fourth-order valence-corrected chi connectivity index (χ4v) is 2.52. The molecule has 3 aromatic rings. The Morgan fingerprint density at radius 3 is 2.48 bits per heavy atom. The van der Waals surface area contributed by atoms with E-state index in [-0.39, 0.29) is 0 Å². The van der Waals surface area contributed by atoms with E-state index in [4.69, 9.17) is 0 Å². The van der Waals surface area contributed by atoms with Crippen molar-refractivity contribution < 1.29 is 0 Å². The Labute approximate surface area is 125 Å². The van der Waals surface area contributed by atoms with Gasteiger partial charge in [-0.3, -0.25) is 0 Å². The van der Waals surface area contributed by atoms with Crippen molar-refractivity contribution in [3.8, 4) is 0 Å². The lowest BCUT2D eigenvalue weighted by Crippen LogP contribution is -1.99. The molecule has 2 aromatic heterocycles. The molecule has 0 aliphatic carbocycles. The minimum absolute atomic E-state index is 0.798. The molecule has 1 N–H and O–H groups in total. The predicted molar refractivity (Wildman–Crippen MR) is 88.1 cm³/mol. The smallest absolute Gasteiger partial charge is 0.161 e. The Morgan fingerprint density at radius 2 is 1.67 bits per heavy atom. The lowest BCUT2D eigenvalue weighted by molar-refractivity contribution is 1.14. The van der Waals surface area contributed by atoms with Crippen molar-refractivity contribution in [1.82, 2.24) is 9.97 Å². The fourth-order valence-electron chi connectivity index (χ4n) is 2.52. The van der Waals surface area contributed by atoms with Crippen molar-refractivity contribution >= 4 is 22.4 Å². The van der Waals surface area contributed by atoms with Crippen LogP contribution in [0.4, 0.5) is 11.4 Å². The summed E-state index contributed by atoms with van der Waals surface area (Å²) in [5.74, 6) is 0. The maximum absolute atomic E-state index is 4.53. The number of pyridine rings is 2. The zero-order valence-electron chi connectivity index (χ0n) is 12.6. The molecular weight excluding hydrogens is 258 g/mol. The molecule has 3 heteroatoms. The van der Waals surface area contributed by atoms with Crippen molar-refractivity contribution in [3.63, 3.8) is 0 Å². The molecule has 106 valence electrons. The van der Waals surface area contributed by atoms with E-state index in [1.807, 2.05) is 19.9 Å². The van der Waals surface area contributed by atoms with Crippen LogP contribution in [-0.2, 0) is 6.42 Å². The third-order valence-corrected chi connectivity index (χ3v) is 3.61. The second-order valence-corrected chi connectivity index (χ2v) is 5.27. The predicted octanol–water partition coefficient (Wildman–Crippen LogP) is 4.55. The first-order chi connectivity index (χ1) is 10.2. The van der Waals surface area contributed by atoms with Crippen LogP contribution in [0.3, 0.4) is 0 Å². The van der Waals surface area contributed by atoms with E-state index in [0.29, 0.717) is 0 Å². The number of anilines is 2. The van der Waals surface area contributed by atoms with Gasteiger partial charge in [-0.1, -0.05) is 25.1 Å². The summed E-state index contributed by atoms with van der Waals surface area (Å²) < 4.78 is 0. The van der Waals surface area contributed by atoms with Crippen molar-refractivity contribution in [1.29, 1.82) is 0 Å². The molecule has 0 saturated carbocycles. The molecule has 0 aliphatic heterocycles. The summed E-state index contributed by atoms with van der Waals surface area (Å²) >= 11 is 0. The molecule has 0 radical (unpaired) electrons. The highest BCUT2D eigenvalue weighted by Gasteiger charge is 2.07. The van der Waals surface area contributed by atoms with E-state index < -0.39 is 0 Å². The molecule has 0 atom stereocenters. The molecule has 0 spiro atoms. The van der Waals surface area contributed by atoms with Crippen LogP contribution in [0.2, 0.25) is 0 Å². The molecule has 0 fully saturated rings. The number of nitrogens with one attached hydrogen (secondary N) is 1. The van der Waals surface area contributed by atoms with E-state index >= 15 is 0 Å². The highest BCUT2D eigenvalue weighted by atomic mass is 14.9.